The van der Waals surface area contributed by atoms with Crippen molar-refractivity contribution in [3.63, 3.8) is 0 Å². The van der Waals surface area contributed by atoms with Crippen molar-refractivity contribution in [1.29, 1.82) is 0 Å². The van der Waals surface area contributed by atoms with Gasteiger partial charge in [-0.25, -0.2) is 13.6 Å². The number of hydrogen-bond acceptors (Lipinski definition) is 6. The Morgan fingerprint density at radius 2 is 1.96 bits per heavy atom. The summed E-state index contributed by atoms with van der Waals surface area (Å²) in [6.07, 6.45) is 0. The van der Waals surface area contributed by atoms with Crippen LogP contribution in [0, 0.1) is 10.1 Å². The molecule has 0 atom stereocenters. The molecular weight excluding hydrogens is 356 g/mol. The van der Waals surface area contributed by atoms with Gasteiger partial charge in [-0.2, -0.15) is 5.10 Å². The van der Waals surface area contributed by atoms with E-state index in [0.717, 1.165) is 12.1 Å². The fraction of sp³-hybridized carbons (Fsp3) is 0.0714. The van der Waals surface area contributed by atoms with Crippen LogP contribution in [0.15, 0.2) is 52.5 Å². The first-order valence-electron chi connectivity index (χ1n) is 6.56. The fourth-order valence-corrected chi connectivity index (χ4v) is 2.70. The molecule has 0 aromatic heterocycles. The van der Waals surface area contributed by atoms with Crippen LogP contribution >= 0.6 is 11.6 Å². The molecule has 0 amide bonds. The van der Waals surface area contributed by atoms with Crippen LogP contribution in [0.4, 0.5) is 11.4 Å². The van der Waals surface area contributed by atoms with Crippen molar-refractivity contribution >= 4 is 38.7 Å². The minimum atomic E-state index is -4.04. The summed E-state index contributed by atoms with van der Waals surface area (Å²) in [7, 11) is -4.04. The number of hydrogen-bond donors (Lipinski definition) is 2. The van der Waals surface area contributed by atoms with Gasteiger partial charge < -0.3 is 0 Å². The third-order valence-electron chi connectivity index (χ3n) is 3.10. The highest BCUT2D eigenvalue weighted by atomic mass is 35.5. The van der Waals surface area contributed by atoms with Gasteiger partial charge in [-0.05, 0) is 25.1 Å². The Morgan fingerprint density at radius 1 is 1.29 bits per heavy atom. The van der Waals surface area contributed by atoms with Crippen LogP contribution in [0.25, 0.3) is 0 Å². The lowest BCUT2D eigenvalue weighted by atomic mass is 10.1. The average molecular weight is 369 g/mol. The number of anilines is 1. The standard InChI is InChI=1S/C14H13ClN4O4S/c1-9(11-4-2-3-5-12(11)15)17-18-13-7-6-10(24(16,22)23)8-14(13)19(20)21/h2-8,18H,1H3,(H2,16,22,23)/b17-9+. The molecule has 0 heterocycles. The number of rotatable bonds is 5. The van der Waals surface area contributed by atoms with Gasteiger partial charge in [0.15, 0.2) is 0 Å². The first-order chi connectivity index (χ1) is 11.2. The molecule has 0 aliphatic heterocycles. The lowest BCUT2D eigenvalue weighted by Gasteiger charge is -2.07. The number of nitro benzene ring substituents is 1. The molecular formula is C14H13ClN4O4S. The number of primary sulfonamides is 1. The van der Waals surface area contributed by atoms with E-state index in [4.69, 9.17) is 16.7 Å². The van der Waals surface area contributed by atoms with Crippen molar-refractivity contribution in [1.82, 2.24) is 0 Å². The topological polar surface area (TPSA) is 128 Å². The van der Waals surface area contributed by atoms with Crippen molar-refractivity contribution in [3.05, 3.63) is 63.2 Å². The quantitative estimate of drug-likeness (QED) is 0.476. The molecule has 2 aromatic carbocycles. The first-order valence-corrected chi connectivity index (χ1v) is 8.49. The number of benzene rings is 2. The zero-order chi connectivity index (χ0) is 17.9. The van der Waals surface area contributed by atoms with Gasteiger partial charge in [0.25, 0.3) is 5.69 Å². The molecule has 0 spiro atoms. The first kappa shape index (κ1) is 17.9. The molecule has 2 aromatic rings. The monoisotopic (exact) mass is 368 g/mol. The Kier molecular flexibility index (Phi) is 5.17. The van der Waals surface area contributed by atoms with Gasteiger partial charge in [-0.15, -0.1) is 0 Å². The summed E-state index contributed by atoms with van der Waals surface area (Å²) in [4.78, 5) is 10.1. The molecule has 24 heavy (non-hydrogen) atoms. The normalized spacial score (nSPS) is 12.0. The number of nitrogens with one attached hydrogen (secondary N) is 1. The molecule has 8 nitrogen and oxygen atoms in total. The highest BCUT2D eigenvalue weighted by Crippen LogP contribution is 2.27. The highest BCUT2D eigenvalue weighted by Gasteiger charge is 2.19. The van der Waals surface area contributed by atoms with E-state index in [0.29, 0.717) is 16.3 Å². The van der Waals surface area contributed by atoms with E-state index in [1.54, 1.807) is 31.2 Å². The molecule has 3 N–H and O–H groups in total. The van der Waals surface area contributed by atoms with Crippen molar-refractivity contribution in [3.8, 4) is 0 Å². The van der Waals surface area contributed by atoms with E-state index in [-0.39, 0.29) is 10.6 Å². The molecule has 2 rings (SSSR count). The smallest absolute Gasteiger partial charge is 0.271 e. The number of nitrogens with zero attached hydrogens (tertiary/aromatic N) is 2. The number of halogens is 1. The van der Waals surface area contributed by atoms with Gasteiger partial charge in [-0.1, -0.05) is 29.8 Å². The van der Waals surface area contributed by atoms with Crippen molar-refractivity contribution in [2.75, 3.05) is 5.43 Å². The van der Waals surface area contributed by atoms with Crippen LogP contribution in [-0.4, -0.2) is 19.1 Å². The maximum Gasteiger partial charge on any atom is 0.295 e. The largest absolute Gasteiger partial charge is 0.295 e. The SMILES string of the molecule is C/C(=N\Nc1ccc(S(N)(=O)=O)cc1[N+](=O)[O-])c1ccccc1Cl. The third-order valence-corrected chi connectivity index (χ3v) is 4.34. The Balaban J connectivity index is 2.38. The summed E-state index contributed by atoms with van der Waals surface area (Å²) in [5.74, 6) is 0. The second-order valence-electron chi connectivity index (χ2n) is 4.77. The van der Waals surface area contributed by atoms with E-state index >= 15 is 0 Å². The minimum Gasteiger partial charge on any atom is -0.271 e. The second-order valence-corrected chi connectivity index (χ2v) is 6.74. The molecule has 0 bridgehead atoms. The number of nitro groups is 1. The van der Waals surface area contributed by atoms with Gasteiger partial charge in [0, 0.05) is 16.7 Å². The summed E-state index contributed by atoms with van der Waals surface area (Å²) in [5.41, 5.74) is 3.28. The summed E-state index contributed by atoms with van der Waals surface area (Å²) in [5, 5.41) is 20.7. The third kappa shape index (κ3) is 4.07. The molecule has 0 fully saturated rings. The molecule has 0 aliphatic rings. The number of nitrogens with two attached hydrogens (primary N) is 1. The van der Waals surface area contributed by atoms with Crippen molar-refractivity contribution in [2.45, 2.75) is 11.8 Å². The van der Waals surface area contributed by atoms with Gasteiger partial charge in [-0.3, -0.25) is 15.5 Å². The van der Waals surface area contributed by atoms with Crippen molar-refractivity contribution < 1.29 is 13.3 Å². The van der Waals surface area contributed by atoms with Crippen LogP contribution < -0.4 is 10.6 Å². The minimum absolute atomic E-state index is 0.0267. The molecule has 126 valence electrons. The van der Waals surface area contributed by atoms with Gasteiger partial charge in [0.1, 0.15) is 5.69 Å². The van der Waals surface area contributed by atoms with Crippen LogP contribution in [0.2, 0.25) is 5.02 Å². The lowest BCUT2D eigenvalue weighted by Crippen LogP contribution is -2.12. The zero-order valence-electron chi connectivity index (χ0n) is 12.4. The Labute approximate surface area is 143 Å². The molecule has 0 saturated carbocycles. The second kappa shape index (κ2) is 6.95. The predicted octanol–water partition coefficient (Wildman–Crippen LogP) is 2.73. The number of hydrazone groups is 1. The van der Waals surface area contributed by atoms with E-state index in [9.17, 15) is 18.5 Å². The van der Waals surface area contributed by atoms with Crippen molar-refractivity contribution in [2.24, 2.45) is 10.2 Å². The molecule has 10 heteroatoms. The lowest BCUT2D eigenvalue weighted by molar-refractivity contribution is -0.384. The Bertz CT molecular complexity index is 928. The van der Waals surface area contributed by atoms with Gasteiger partial charge >= 0.3 is 0 Å². The fourth-order valence-electron chi connectivity index (χ4n) is 1.89. The molecule has 0 saturated heterocycles. The maximum atomic E-state index is 11.3. The summed E-state index contributed by atoms with van der Waals surface area (Å²) in [6, 6.07) is 10.2. The molecule has 0 aliphatic carbocycles. The van der Waals surface area contributed by atoms with E-state index < -0.39 is 20.6 Å². The van der Waals surface area contributed by atoms with Crippen LogP contribution in [0.3, 0.4) is 0 Å². The van der Waals surface area contributed by atoms with Crippen LogP contribution in [0.5, 0.6) is 0 Å². The van der Waals surface area contributed by atoms with Gasteiger partial charge in [0.05, 0.1) is 15.5 Å². The van der Waals surface area contributed by atoms with Gasteiger partial charge in [0.2, 0.25) is 10.0 Å². The molecule has 0 unspecified atom stereocenters. The zero-order valence-corrected chi connectivity index (χ0v) is 14.0. The maximum absolute atomic E-state index is 11.3. The summed E-state index contributed by atoms with van der Waals surface area (Å²) in [6.45, 7) is 1.68. The number of sulfonamides is 1. The summed E-state index contributed by atoms with van der Waals surface area (Å²) < 4.78 is 22.6. The van der Waals surface area contributed by atoms with Crippen LogP contribution in [0.1, 0.15) is 12.5 Å². The Hall–Kier alpha value is -2.49. The van der Waals surface area contributed by atoms with E-state index in [2.05, 4.69) is 10.5 Å². The average Bonchev–Trinajstić information content (AvgIpc) is 2.51. The van der Waals surface area contributed by atoms with Crippen LogP contribution in [-0.2, 0) is 10.0 Å². The Morgan fingerprint density at radius 3 is 2.54 bits per heavy atom. The summed E-state index contributed by atoms with van der Waals surface area (Å²) >= 11 is 6.06. The molecule has 0 radical (unpaired) electrons. The van der Waals surface area contributed by atoms with E-state index in [1.165, 1.54) is 6.07 Å². The predicted molar refractivity (Wildman–Crippen MR) is 91.8 cm³/mol. The highest BCUT2D eigenvalue weighted by molar-refractivity contribution is 7.89. The van der Waals surface area contributed by atoms with E-state index in [1.807, 2.05) is 0 Å².